The summed E-state index contributed by atoms with van der Waals surface area (Å²) in [4.78, 5) is 26.9. The van der Waals surface area contributed by atoms with Crippen LogP contribution < -0.4 is 0 Å². The number of allylic oxidation sites excluding steroid dienone is 1. The lowest BCUT2D eigenvalue weighted by molar-refractivity contribution is -0.150. The maximum atomic E-state index is 13.9. The normalized spacial score (nSPS) is 28.4. The standard InChI is InChI=1S/C29H32O4/c1-16-14-19(18-10-8-7-9-11-18)15-17(2)21(16)23-25(30)22-20-12-13-29(6,33-20)24(22)26(23)32-27(31)28(3,4)5/h7-11,14-15,20,22,24H,12-13H2,1-6H3/t20-,22-,24+,29?/m0/s1. The Hall–Kier alpha value is -2.72. The molecule has 2 aliphatic heterocycles. The van der Waals surface area contributed by atoms with Crippen molar-refractivity contribution in [1.82, 2.24) is 0 Å². The van der Waals surface area contributed by atoms with Gasteiger partial charge in [-0.05, 0) is 82.2 Å². The van der Waals surface area contributed by atoms with E-state index in [4.69, 9.17) is 9.47 Å². The summed E-state index contributed by atoms with van der Waals surface area (Å²) in [7, 11) is 0. The first-order valence-corrected chi connectivity index (χ1v) is 11.9. The molecule has 4 heteroatoms. The van der Waals surface area contributed by atoms with Crippen LogP contribution in [0.3, 0.4) is 0 Å². The summed E-state index contributed by atoms with van der Waals surface area (Å²) in [5, 5.41) is 0. The van der Waals surface area contributed by atoms with Crippen LogP contribution in [0.5, 0.6) is 0 Å². The third-order valence-electron chi connectivity index (χ3n) is 7.55. The molecule has 1 aliphatic carbocycles. The number of hydrogen-bond donors (Lipinski definition) is 0. The summed E-state index contributed by atoms with van der Waals surface area (Å²) in [5.74, 6) is -0.213. The SMILES string of the molecule is Cc1cc(-c2ccccc2)cc(C)c1C1=C(OC(=O)C(C)(C)C)[C@H]2[C@@H](C1=O)[C@@H]1CCC2(C)O1. The number of aryl methyl sites for hydroxylation is 2. The molecule has 1 unspecified atom stereocenters. The van der Waals surface area contributed by atoms with Gasteiger partial charge in [-0.25, -0.2) is 0 Å². The van der Waals surface area contributed by atoms with Gasteiger partial charge in [0.2, 0.25) is 0 Å². The fraction of sp³-hybridized carbons (Fsp3) is 0.448. The van der Waals surface area contributed by atoms with Gasteiger partial charge < -0.3 is 9.47 Å². The van der Waals surface area contributed by atoms with Crippen LogP contribution in [-0.4, -0.2) is 23.5 Å². The van der Waals surface area contributed by atoms with Crippen LogP contribution in [0.1, 0.15) is 57.2 Å². The van der Waals surface area contributed by atoms with E-state index >= 15 is 0 Å². The molecule has 33 heavy (non-hydrogen) atoms. The first-order valence-electron chi connectivity index (χ1n) is 11.9. The molecule has 0 spiro atoms. The number of esters is 1. The maximum Gasteiger partial charge on any atom is 0.316 e. The largest absolute Gasteiger partial charge is 0.429 e. The fourth-order valence-electron chi connectivity index (χ4n) is 5.94. The number of Topliss-reactive ketones (excluding diaryl/α,β-unsaturated/α-hetero) is 1. The molecule has 2 fully saturated rings. The summed E-state index contributed by atoms with van der Waals surface area (Å²) in [5.41, 5.74) is 4.62. The molecule has 2 bridgehead atoms. The van der Waals surface area contributed by atoms with Crippen LogP contribution in [0, 0.1) is 31.1 Å². The van der Waals surface area contributed by atoms with E-state index in [2.05, 4.69) is 31.2 Å². The van der Waals surface area contributed by atoms with E-state index in [1.807, 2.05) is 52.8 Å². The number of benzene rings is 2. The molecular formula is C29H32O4. The van der Waals surface area contributed by atoms with Crippen molar-refractivity contribution in [3.8, 4) is 11.1 Å². The minimum absolute atomic E-state index is 0.0591. The second-order valence-electron chi connectivity index (χ2n) is 11.1. The number of ketones is 1. The number of rotatable bonds is 3. The van der Waals surface area contributed by atoms with E-state index in [0.717, 1.165) is 40.7 Å². The Labute approximate surface area is 196 Å². The summed E-state index contributed by atoms with van der Waals surface area (Å²) < 4.78 is 12.4. The Kier molecular flexibility index (Phi) is 4.95. The van der Waals surface area contributed by atoms with E-state index in [1.165, 1.54) is 0 Å². The summed E-state index contributed by atoms with van der Waals surface area (Å²) >= 11 is 0. The zero-order valence-corrected chi connectivity index (χ0v) is 20.3. The third-order valence-corrected chi connectivity index (χ3v) is 7.55. The van der Waals surface area contributed by atoms with E-state index in [0.29, 0.717) is 11.3 Å². The van der Waals surface area contributed by atoms with Gasteiger partial charge in [-0.2, -0.15) is 0 Å². The predicted molar refractivity (Wildman–Crippen MR) is 128 cm³/mol. The molecular weight excluding hydrogens is 412 g/mol. The third kappa shape index (κ3) is 3.38. The number of ether oxygens (including phenoxy) is 2. The molecule has 2 saturated heterocycles. The molecule has 0 N–H and O–H groups in total. The van der Waals surface area contributed by atoms with Crippen LogP contribution in [0.25, 0.3) is 16.7 Å². The van der Waals surface area contributed by atoms with Crippen molar-refractivity contribution in [3.05, 3.63) is 64.9 Å². The smallest absolute Gasteiger partial charge is 0.316 e. The molecule has 2 heterocycles. The molecule has 0 radical (unpaired) electrons. The first kappa shape index (κ1) is 22.1. The van der Waals surface area contributed by atoms with Crippen molar-refractivity contribution in [2.75, 3.05) is 0 Å². The molecule has 4 nitrogen and oxygen atoms in total. The molecule has 2 aromatic rings. The van der Waals surface area contributed by atoms with Crippen molar-refractivity contribution in [3.63, 3.8) is 0 Å². The minimum atomic E-state index is -0.667. The van der Waals surface area contributed by atoms with E-state index in [1.54, 1.807) is 0 Å². The van der Waals surface area contributed by atoms with Gasteiger partial charge in [0, 0.05) is 0 Å². The van der Waals surface area contributed by atoms with Gasteiger partial charge in [0.05, 0.1) is 34.5 Å². The summed E-state index contributed by atoms with van der Waals surface area (Å²) in [6.45, 7) is 11.7. The molecule has 2 aromatic carbocycles. The average Bonchev–Trinajstić information content (AvgIpc) is 3.37. The Morgan fingerprint density at radius 3 is 2.30 bits per heavy atom. The van der Waals surface area contributed by atoms with Gasteiger partial charge in [0.1, 0.15) is 5.76 Å². The lowest BCUT2D eigenvalue weighted by Gasteiger charge is -2.31. The Morgan fingerprint density at radius 1 is 1.06 bits per heavy atom. The monoisotopic (exact) mass is 444 g/mol. The van der Waals surface area contributed by atoms with Gasteiger partial charge in [0.25, 0.3) is 0 Å². The maximum absolute atomic E-state index is 13.9. The van der Waals surface area contributed by atoms with Crippen molar-refractivity contribution in [2.24, 2.45) is 17.3 Å². The van der Waals surface area contributed by atoms with E-state index in [9.17, 15) is 9.59 Å². The second-order valence-corrected chi connectivity index (χ2v) is 11.1. The second kappa shape index (κ2) is 7.39. The van der Waals surface area contributed by atoms with Crippen LogP contribution in [0.4, 0.5) is 0 Å². The average molecular weight is 445 g/mol. The highest BCUT2D eigenvalue weighted by Gasteiger charge is 2.65. The van der Waals surface area contributed by atoms with Crippen LogP contribution in [-0.2, 0) is 19.1 Å². The topological polar surface area (TPSA) is 52.6 Å². The van der Waals surface area contributed by atoms with Crippen molar-refractivity contribution < 1.29 is 19.1 Å². The van der Waals surface area contributed by atoms with Crippen molar-refractivity contribution in [2.45, 2.75) is 66.1 Å². The summed E-state index contributed by atoms with van der Waals surface area (Å²) in [6.07, 6.45) is 1.65. The van der Waals surface area contributed by atoms with Gasteiger partial charge in [-0.1, -0.05) is 42.5 Å². The molecule has 0 saturated carbocycles. The van der Waals surface area contributed by atoms with Gasteiger partial charge >= 0.3 is 5.97 Å². The molecule has 5 rings (SSSR count). The zero-order chi connectivity index (χ0) is 23.7. The Morgan fingerprint density at radius 2 is 1.70 bits per heavy atom. The summed E-state index contributed by atoms with van der Waals surface area (Å²) in [6, 6.07) is 14.5. The lowest BCUT2D eigenvalue weighted by Crippen LogP contribution is -2.37. The van der Waals surface area contributed by atoms with Crippen molar-refractivity contribution >= 4 is 17.3 Å². The number of fused-ring (bicyclic) bond motifs is 5. The molecule has 172 valence electrons. The van der Waals surface area contributed by atoms with Gasteiger partial charge in [0.15, 0.2) is 5.78 Å². The Balaban J connectivity index is 1.68. The first-order chi connectivity index (χ1) is 15.5. The molecule has 0 amide bonds. The molecule has 4 atom stereocenters. The van der Waals surface area contributed by atoms with Crippen LogP contribution in [0.15, 0.2) is 48.2 Å². The Bertz CT molecular complexity index is 1160. The van der Waals surface area contributed by atoms with Gasteiger partial charge in [-0.3, -0.25) is 9.59 Å². The fourth-order valence-corrected chi connectivity index (χ4v) is 5.94. The highest BCUT2D eigenvalue weighted by Crippen LogP contribution is 2.60. The minimum Gasteiger partial charge on any atom is -0.429 e. The lowest BCUT2D eigenvalue weighted by atomic mass is 9.73. The van der Waals surface area contributed by atoms with Crippen LogP contribution >= 0.6 is 0 Å². The molecule has 3 aliphatic rings. The number of carbonyl (C=O) groups is 2. The number of hydrogen-bond acceptors (Lipinski definition) is 4. The number of carbonyl (C=O) groups excluding carboxylic acids is 2. The highest BCUT2D eigenvalue weighted by atomic mass is 16.6. The van der Waals surface area contributed by atoms with Crippen molar-refractivity contribution in [1.29, 1.82) is 0 Å². The quantitative estimate of drug-likeness (QED) is 0.542. The predicted octanol–water partition coefficient (Wildman–Crippen LogP) is 6.04. The van der Waals surface area contributed by atoms with Gasteiger partial charge in [-0.15, -0.1) is 0 Å². The molecule has 0 aromatic heterocycles. The zero-order valence-electron chi connectivity index (χ0n) is 20.3. The van der Waals surface area contributed by atoms with Crippen LogP contribution in [0.2, 0.25) is 0 Å². The van der Waals surface area contributed by atoms with E-state index < -0.39 is 11.0 Å². The van der Waals surface area contributed by atoms with E-state index in [-0.39, 0.29) is 29.7 Å². The highest BCUT2D eigenvalue weighted by molar-refractivity contribution is 6.26.